The van der Waals surface area contributed by atoms with Crippen molar-refractivity contribution in [3.63, 3.8) is 0 Å². The van der Waals surface area contributed by atoms with Crippen LogP contribution in [0.1, 0.15) is 38.7 Å². The molecule has 2 fully saturated rings. The molecule has 0 spiro atoms. The molecule has 1 aromatic carbocycles. The van der Waals surface area contributed by atoms with E-state index in [9.17, 15) is 13.2 Å². The van der Waals surface area contributed by atoms with Gasteiger partial charge in [-0.2, -0.15) is 4.31 Å². The Balaban J connectivity index is 1.60. The quantitative estimate of drug-likeness (QED) is 0.775. The molecule has 2 atom stereocenters. The monoisotopic (exact) mass is 414 g/mol. The lowest BCUT2D eigenvalue weighted by atomic mass is 9.64. The van der Waals surface area contributed by atoms with Crippen LogP contribution in [-0.2, 0) is 25.0 Å². The number of rotatable bonds is 6. The van der Waals surface area contributed by atoms with E-state index in [0.29, 0.717) is 18.1 Å². The second-order valence-corrected chi connectivity index (χ2v) is 10.1. The van der Waals surface area contributed by atoms with E-state index in [1.807, 2.05) is 32.0 Å². The Hall–Kier alpha value is -1.15. The Labute approximate surface area is 166 Å². The third-order valence-electron chi connectivity index (χ3n) is 5.44. The zero-order chi connectivity index (χ0) is 19.7. The maximum absolute atomic E-state index is 12.8. The van der Waals surface area contributed by atoms with E-state index in [2.05, 4.69) is 5.32 Å². The molecule has 1 N–H and O–H groups in total. The van der Waals surface area contributed by atoms with Crippen molar-refractivity contribution < 1.29 is 17.9 Å². The summed E-state index contributed by atoms with van der Waals surface area (Å²) < 4.78 is 32.3. The lowest BCUT2D eigenvalue weighted by Crippen LogP contribution is -2.52. The van der Waals surface area contributed by atoms with Crippen molar-refractivity contribution in [2.75, 3.05) is 25.4 Å². The zero-order valence-corrected chi connectivity index (χ0v) is 17.4. The van der Waals surface area contributed by atoms with E-state index >= 15 is 0 Å². The highest BCUT2D eigenvalue weighted by molar-refractivity contribution is 7.89. The summed E-state index contributed by atoms with van der Waals surface area (Å²) in [5.41, 5.74) is 0.314. The molecule has 27 heavy (non-hydrogen) atoms. The summed E-state index contributed by atoms with van der Waals surface area (Å²) in [4.78, 5) is 12.8. The first kappa shape index (κ1) is 20.6. The van der Waals surface area contributed by atoms with Gasteiger partial charge >= 0.3 is 0 Å². The fourth-order valence-corrected chi connectivity index (χ4v) is 5.60. The van der Waals surface area contributed by atoms with Gasteiger partial charge in [0.2, 0.25) is 15.9 Å². The lowest BCUT2D eigenvalue weighted by molar-refractivity contribution is -0.129. The minimum absolute atomic E-state index is 0.101. The van der Waals surface area contributed by atoms with Crippen LogP contribution in [-0.4, -0.2) is 56.2 Å². The van der Waals surface area contributed by atoms with E-state index in [1.54, 1.807) is 6.07 Å². The Kier molecular flexibility index (Phi) is 6.15. The maximum Gasteiger partial charge on any atom is 0.230 e. The third kappa shape index (κ3) is 4.47. The van der Waals surface area contributed by atoms with Crippen LogP contribution in [0.5, 0.6) is 0 Å². The van der Waals surface area contributed by atoms with Crippen molar-refractivity contribution in [3.8, 4) is 0 Å². The molecule has 2 aliphatic rings. The predicted molar refractivity (Wildman–Crippen MR) is 105 cm³/mol. The van der Waals surface area contributed by atoms with E-state index in [0.717, 1.165) is 24.8 Å². The molecule has 0 unspecified atom stereocenters. The van der Waals surface area contributed by atoms with Crippen LogP contribution in [0.15, 0.2) is 24.3 Å². The minimum Gasteiger partial charge on any atom is -0.373 e. The number of carbonyl (C=O) groups excluding carboxylic acids is 1. The summed E-state index contributed by atoms with van der Waals surface area (Å²) in [7, 11) is -3.43. The number of benzene rings is 1. The Morgan fingerprint density at radius 1 is 1.30 bits per heavy atom. The van der Waals surface area contributed by atoms with Gasteiger partial charge in [0.1, 0.15) is 0 Å². The first-order valence-electron chi connectivity index (χ1n) is 9.40. The van der Waals surface area contributed by atoms with E-state index < -0.39 is 15.4 Å². The first-order chi connectivity index (χ1) is 12.7. The van der Waals surface area contributed by atoms with Crippen LogP contribution in [0.25, 0.3) is 0 Å². The van der Waals surface area contributed by atoms with Crippen molar-refractivity contribution in [3.05, 3.63) is 34.9 Å². The molecule has 1 aromatic rings. The summed E-state index contributed by atoms with van der Waals surface area (Å²) in [6.07, 6.45) is 2.23. The van der Waals surface area contributed by atoms with Crippen LogP contribution < -0.4 is 5.32 Å². The SMILES string of the molecule is C[C@H]1CN(S(=O)(=O)CCNC(=O)C2(c3cccc(Cl)c3)CCC2)C[C@H](C)O1. The highest BCUT2D eigenvalue weighted by atomic mass is 35.5. The van der Waals surface area contributed by atoms with Crippen molar-refractivity contribution >= 4 is 27.5 Å². The van der Waals surface area contributed by atoms with E-state index in [-0.39, 0.29) is 30.4 Å². The van der Waals surface area contributed by atoms with Gasteiger partial charge in [-0.15, -0.1) is 0 Å². The van der Waals surface area contributed by atoms with Gasteiger partial charge in [-0.05, 0) is 44.4 Å². The fourth-order valence-electron chi connectivity index (χ4n) is 3.91. The number of morpholine rings is 1. The van der Waals surface area contributed by atoms with Gasteiger partial charge in [-0.1, -0.05) is 30.2 Å². The highest BCUT2D eigenvalue weighted by Gasteiger charge is 2.45. The minimum atomic E-state index is -3.43. The molecule has 1 saturated carbocycles. The average molecular weight is 415 g/mol. The molecule has 1 saturated heterocycles. The molecule has 150 valence electrons. The smallest absolute Gasteiger partial charge is 0.230 e. The highest BCUT2D eigenvalue weighted by Crippen LogP contribution is 2.44. The summed E-state index contributed by atoms with van der Waals surface area (Å²) in [6, 6.07) is 7.37. The Morgan fingerprint density at radius 3 is 2.52 bits per heavy atom. The van der Waals surface area contributed by atoms with Crippen LogP contribution in [0.3, 0.4) is 0 Å². The largest absolute Gasteiger partial charge is 0.373 e. The molecular formula is C19H27ClN2O4S. The van der Waals surface area contributed by atoms with Crippen molar-refractivity contribution in [1.82, 2.24) is 9.62 Å². The maximum atomic E-state index is 12.8. The fraction of sp³-hybridized carbons (Fsp3) is 0.632. The number of nitrogens with zero attached hydrogens (tertiary/aromatic N) is 1. The third-order valence-corrected chi connectivity index (χ3v) is 7.48. The average Bonchev–Trinajstić information content (AvgIpc) is 2.53. The molecule has 1 aliphatic heterocycles. The summed E-state index contributed by atoms with van der Waals surface area (Å²) in [5.74, 6) is -0.223. The van der Waals surface area contributed by atoms with Gasteiger partial charge in [0.25, 0.3) is 0 Å². The second-order valence-electron chi connectivity index (χ2n) is 7.59. The first-order valence-corrected chi connectivity index (χ1v) is 11.4. The molecule has 0 radical (unpaired) electrons. The van der Waals surface area contributed by atoms with E-state index in [1.165, 1.54) is 4.31 Å². The normalized spacial score (nSPS) is 25.6. The standard InChI is InChI=1S/C19H27ClN2O4S/c1-14-12-22(13-15(2)26-14)27(24,25)10-9-21-18(23)19(7-4-8-19)16-5-3-6-17(20)11-16/h3,5-6,11,14-15H,4,7-10,12-13H2,1-2H3,(H,21,23)/t14-,15-/m0/s1. The zero-order valence-electron chi connectivity index (χ0n) is 15.8. The summed E-state index contributed by atoms with van der Waals surface area (Å²) in [5, 5.41) is 3.44. The summed E-state index contributed by atoms with van der Waals surface area (Å²) in [6.45, 7) is 4.54. The number of ether oxygens (including phenoxy) is 1. The number of amides is 1. The van der Waals surface area contributed by atoms with E-state index in [4.69, 9.17) is 16.3 Å². The van der Waals surface area contributed by atoms with Crippen LogP contribution in [0, 0.1) is 0 Å². The van der Waals surface area contributed by atoms with Crippen molar-refractivity contribution in [2.24, 2.45) is 0 Å². The molecule has 6 nitrogen and oxygen atoms in total. The van der Waals surface area contributed by atoms with Gasteiger partial charge in [-0.3, -0.25) is 4.79 Å². The Bertz CT molecular complexity index is 785. The number of sulfonamides is 1. The molecule has 1 heterocycles. The predicted octanol–water partition coefficient (Wildman–Crippen LogP) is 2.32. The molecular weight excluding hydrogens is 388 g/mol. The van der Waals surface area contributed by atoms with Crippen LogP contribution >= 0.6 is 11.6 Å². The van der Waals surface area contributed by atoms with Gasteiger partial charge in [0, 0.05) is 24.7 Å². The summed E-state index contributed by atoms with van der Waals surface area (Å²) >= 11 is 6.08. The van der Waals surface area contributed by atoms with Gasteiger partial charge in [-0.25, -0.2) is 8.42 Å². The van der Waals surface area contributed by atoms with Gasteiger partial charge in [0.15, 0.2) is 0 Å². The molecule has 0 bridgehead atoms. The van der Waals surface area contributed by atoms with Crippen LogP contribution in [0.2, 0.25) is 5.02 Å². The number of hydrogen-bond acceptors (Lipinski definition) is 4. The molecule has 8 heteroatoms. The second kappa shape index (κ2) is 8.07. The number of halogens is 1. The number of carbonyl (C=O) groups is 1. The Morgan fingerprint density at radius 2 is 1.96 bits per heavy atom. The number of nitrogens with one attached hydrogen (secondary N) is 1. The topological polar surface area (TPSA) is 75.7 Å². The molecule has 3 rings (SSSR count). The van der Waals surface area contributed by atoms with Gasteiger partial charge in [0.05, 0.1) is 23.4 Å². The van der Waals surface area contributed by atoms with Crippen molar-refractivity contribution in [2.45, 2.75) is 50.7 Å². The molecule has 1 aliphatic carbocycles. The number of hydrogen-bond donors (Lipinski definition) is 1. The molecule has 1 amide bonds. The van der Waals surface area contributed by atoms with Crippen molar-refractivity contribution in [1.29, 1.82) is 0 Å². The molecule has 0 aromatic heterocycles. The van der Waals surface area contributed by atoms with Gasteiger partial charge < -0.3 is 10.1 Å². The lowest BCUT2D eigenvalue weighted by Gasteiger charge is -2.41. The van der Waals surface area contributed by atoms with Crippen LogP contribution in [0.4, 0.5) is 0 Å².